The number of nitrogens with one attached hydrogen (secondary N) is 2. The second-order valence-corrected chi connectivity index (χ2v) is 5.09. The lowest BCUT2D eigenvalue weighted by Crippen LogP contribution is -2.22. The SMILES string of the molecule is N#Cc1nc(NC(=O)CC2OCCc3ccccc32)[nH]c1C#N. The van der Waals surface area contributed by atoms with Gasteiger partial charge in [0.25, 0.3) is 0 Å². The molecule has 1 aromatic heterocycles. The normalized spacial score (nSPS) is 16.0. The number of carbonyl (C=O) groups is 1. The number of hydrogen-bond acceptors (Lipinski definition) is 5. The van der Waals surface area contributed by atoms with Gasteiger partial charge in [-0.15, -0.1) is 0 Å². The molecule has 1 amide bonds. The van der Waals surface area contributed by atoms with Crippen LogP contribution in [0.2, 0.25) is 0 Å². The number of ether oxygens (including phenoxy) is 1. The van der Waals surface area contributed by atoms with E-state index in [1.54, 1.807) is 6.07 Å². The first-order chi connectivity index (χ1) is 11.2. The molecule has 0 bridgehead atoms. The summed E-state index contributed by atoms with van der Waals surface area (Å²) >= 11 is 0. The predicted molar refractivity (Wildman–Crippen MR) is 80.1 cm³/mol. The molecular weight excluding hydrogens is 294 g/mol. The number of H-pyrrole nitrogens is 1. The van der Waals surface area contributed by atoms with Crippen LogP contribution in [0, 0.1) is 22.7 Å². The van der Waals surface area contributed by atoms with Gasteiger partial charge in [0.15, 0.2) is 11.4 Å². The molecule has 1 aromatic carbocycles. The average molecular weight is 307 g/mol. The number of rotatable bonds is 3. The van der Waals surface area contributed by atoms with Crippen LogP contribution in [-0.2, 0) is 16.0 Å². The number of aromatic amines is 1. The highest BCUT2D eigenvalue weighted by molar-refractivity contribution is 5.89. The van der Waals surface area contributed by atoms with E-state index in [1.165, 1.54) is 5.56 Å². The Bertz CT molecular complexity index is 796. The minimum atomic E-state index is -0.305. The van der Waals surface area contributed by atoms with Gasteiger partial charge in [0.05, 0.1) is 19.1 Å². The lowest BCUT2D eigenvalue weighted by atomic mass is 9.96. The number of carbonyl (C=O) groups excluding carboxylic acids is 1. The van der Waals surface area contributed by atoms with E-state index >= 15 is 0 Å². The van der Waals surface area contributed by atoms with Gasteiger partial charge in [-0.2, -0.15) is 10.5 Å². The summed E-state index contributed by atoms with van der Waals surface area (Å²) in [4.78, 5) is 18.6. The van der Waals surface area contributed by atoms with Crippen LogP contribution in [0.5, 0.6) is 0 Å². The topological polar surface area (TPSA) is 115 Å². The van der Waals surface area contributed by atoms with Crippen LogP contribution < -0.4 is 5.32 Å². The van der Waals surface area contributed by atoms with E-state index < -0.39 is 0 Å². The quantitative estimate of drug-likeness (QED) is 0.897. The van der Waals surface area contributed by atoms with Crippen molar-refractivity contribution in [2.75, 3.05) is 11.9 Å². The number of amides is 1. The van der Waals surface area contributed by atoms with Gasteiger partial charge in [-0.1, -0.05) is 24.3 Å². The largest absolute Gasteiger partial charge is 0.373 e. The molecule has 7 heteroatoms. The van der Waals surface area contributed by atoms with Gasteiger partial charge in [0.1, 0.15) is 12.1 Å². The highest BCUT2D eigenvalue weighted by Gasteiger charge is 2.23. The number of aromatic nitrogens is 2. The zero-order chi connectivity index (χ0) is 16.2. The molecule has 2 aromatic rings. The third kappa shape index (κ3) is 3.05. The third-order valence-corrected chi connectivity index (χ3v) is 3.64. The molecule has 2 heterocycles. The van der Waals surface area contributed by atoms with E-state index in [9.17, 15) is 4.79 Å². The van der Waals surface area contributed by atoms with Crippen LogP contribution in [0.25, 0.3) is 0 Å². The molecule has 0 saturated carbocycles. The summed E-state index contributed by atoms with van der Waals surface area (Å²) in [6.07, 6.45) is 0.672. The van der Waals surface area contributed by atoms with E-state index in [0.29, 0.717) is 6.61 Å². The minimum absolute atomic E-state index is 0.0297. The van der Waals surface area contributed by atoms with Crippen molar-refractivity contribution in [3.8, 4) is 12.1 Å². The number of imidazole rings is 1. The molecular formula is C16H13N5O2. The second-order valence-electron chi connectivity index (χ2n) is 5.09. The van der Waals surface area contributed by atoms with Gasteiger partial charge >= 0.3 is 0 Å². The first-order valence-corrected chi connectivity index (χ1v) is 7.10. The monoisotopic (exact) mass is 307 g/mol. The van der Waals surface area contributed by atoms with Crippen molar-refractivity contribution in [2.45, 2.75) is 18.9 Å². The molecule has 0 fully saturated rings. The molecule has 0 aliphatic carbocycles. The Morgan fingerprint density at radius 2 is 2.22 bits per heavy atom. The Kier molecular flexibility index (Phi) is 4.05. The zero-order valence-electron chi connectivity index (χ0n) is 12.2. The van der Waals surface area contributed by atoms with Crippen LogP contribution in [0.3, 0.4) is 0 Å². The molecule has 3 rings (SSSR count). The molecule has 0 spiro atoms. The summed E-state index contributed by atoms with van der Waals surface area (Å²) in [5.41, 5.74) is 2.20. The van der Waals surface area contributed by atoms with E-state index in [-0.39, 0.29) is 35.8 Å². The maximum atomic E-state index is 12.2. The van der Waals surface area contributed by atoms with E-state index in [0.717, 1.165) is 12.0 Å². The summed E-state index contributed by atoms with van der Waals surface area (Å²) in [7, 11) is 0. The van der Waals surface area contributed by atoms with E-state index in [4.69, 9.17) is 15.3 Å². The lowest BCUT2D eigenvalue weighted by Gasteiger charge is -2.25. The predicted octanol–water partition coefficient (Wildman–Crippen LogP) is 1.80. The van der Waals surface area contributed by atoms with Crippen molar-refractivity contribution >= 4 is 11.9 Å². The van der Waals surface area contributed by atoms with Gasteiger partial charge in [0, 0.05) is 0 Å². The maximum absolute atomic E-state index is 12.2. The third-order valence-electron chi connectivity index (χ3n) is 3.64. The van der Waals surface area contributed by atoms with Crippen molar-refractivity contribution < 1.29 is 9.53 Å². The van der Waals surface area contributed by atoms with Crippen LogP contribution in [-0.4, -0.2) is 22.5 Å². The Morgan fingerprint density at radius 1 is 1.39 bits per heavy atom. The van der Waals surface area contributed by atoms with E-state index in [2.05, 4.69) is 15.3 Å². The van der Waals surface area contributed by atoms with E-state index in [1.807, 2.05) is 30.3 Å². The molecule has 7 nitrogen and oxygen atoms in total. The first kappa shape index (κ1) is 14.8. The maximum Gasteiger partial charge on any atom is 0.229 e. The minimum Gasteiger partial charge on any atom is -0.373 e. The van der Waals surface area contributed by atoms with Crippen molar-refractivity contribution in [3.05, 3.63) is 46.8 Å². The van der Waals surface area contributed by atoms with Crippen molar-refractivity contribution in [1.29, 1.82) is 10.5 Å². The summed E-state index contributed by atoms with van der Waals surface area (Å²) in [6, 6.07) is 11.5. The van der Waals surface area contributed by atoms with Crippen molar-refractivity contribution in [3.63, 3.8) is 0 Å². The molecule has 1 unspecified atom stereocenters. The van der Waals surface area contributed by atoms with Gasteiger partial charge < -0.3 is 9.72 Å². The van der Waals surface area contributed by atoms with Gasteiger partial charge in [-0.05, 0) is 17.5 Å². The highest BCUT2D eigenvalue weighted by Crippen LogP contribution is 2.29. The molecule has 1 atom stereocenters. The van der Waals surface area contributed by atoms with Crippen molar-refractivity contribution in [2.24, 2.45) is 0 Å². The zero-order valence-corrected chi connectivity index (χ0v) is 12.2. The van der Waals surface area contributed by atoms with Crippen LogP contribution >= 0.6 is 0 Å². The van der Waals surface area contributed by atoms with Gasteiger partial charge in [-0.3, -0.25) is 10.1 Å². The number of benzene rings is 1. The van der Waals surface area contributed by atoms with Crippen molar-refractivity contribution in [1.82, 2.24) is 9.97 Å². The Hall–Kier alpha value is -3.16. The summed E-state index contributed by atoms with van der Waals surface area (Å²) in [5, 5.41) is 20.3. The average Bonchev–Trinajstić information content (AvgIpc) is 2.97. The summed E-state index contributed by atoms with van der Waals surface area (Å²) < 4.78 is 5.69. The van der Waals surface area contributed by atoms with Gasteiger partial charge in [-0.25, -0.2) is 4.98 Å². The first-order valence-electron chi connectivity index (χ1n) is 7.10. The van der Waals surface area contributed by atoms with Crippen LogP contribution in [0.15, 0.2) is 24.3 Å². The Morgan fingerprint density at radius 3 is 2.96 bits per heavy atom. The number of nitrogens with zero attached hydrogens (tertiary/aromatic N) is 3. The Labute approximate surface area is 132 Å². The molecule has 0 radical (unpaired) electrons. The van der Waals surface area contributed by atoms with Crippen LogP contribution in [0.4, 0.5) is 5.95 Å². The fourth-order valence-corrected chi connectivity index (χ4v) is 2.59. The Balaban J connectivity index is 1.70. The smallest absolute Gasteiger partial charge is 0.229 e. The number of nitriles is 2. The van der Waals surface area contributed by atoms with Gasteiger partial charge in [0.2, 0.25) is 11.9 Å². The fraction of sp³-hybridized carbons (Fsp3) is 0.250. The molecule has 1 aliphatic rings. The highest BCUT2D eigenvalue weighted by atomic mass is 16.5. The lowest BCUT2D eigenvalue weighted by molar-refractivity contribution is -0.119. The molecule has 0 saturated heterocycles. The second kappa shape index (κ2) is 6.30. The molecule has 114 valence electrons. The molecule has 1 aliphatic heterocycles. The number of hydrogen-bond donors (Lipinski definition) is 2. The fourth-order valence-electron chi connectivity index (χ4n) is 2.59. The standard InChI is InChI=1S/C16H13N5O2/c17-8-12-13(9-18)20-16(19-12)21-15(22)7-14-11-4-2-1-3-10(11)5-6-23-14/h1-4,14H,5-7H2,(H2,19,20,21,22). The molecule has 2 N–H and O–H groups in total. The summed E-state index contributed by atoms with van der Waals surface area (Å²) in [5.74, 6) is -0.207. The number of fused-ring (bicyclic) bond motifs is 1. The van der Waals surface area contributed by atoms with Crippen LogP contribution in [0.1, 0.15) is 35.0 Å². The summed E-state index contributed by atoms with van der Waals surface area (Å²) in [6.45, 7) is 0.576. The molecule has 23 heavy (non-hydrogen) atoms. The number of anilines is 1.